The molecule has 0 radical (unpaired) electrons. The fourth-order valence-electron chi connectivity index (χ4n) is 2.26. The summed E-state index contributed by atoms with van der Waals surface area (Å²) in [5.41, 5.74) is 1.32. The van der Waals surface area contributed by atoms with Crippen LogP contribution in [0.1, 0.15) is 55.5 Å². The number of carboxylic acid groups (broad SMARTS) is 1. The summed E-state index contributed by atoms with van der Waals surface area (Å²) in [6.07, 6.45) is 4.74. The molecule has 0 heterocycles. The predicted octanol–water partition coefficient (Wildman–Crippen LogP) is 3.26. The minimum atomic E-state index is -0.920. The van der Waals surface area contributed by atoms with Crippen LogP contribution in [0.4, 0.5) is 0 Å². The molecule has 4 nitrogen and oxygen atoms in total. The van der Waals surface area contributed by atoms with Gasteiger partial charge in [0.05, 0.1) is 5.56 Å². The fourth-order valence-corrected chi connectivity index (χ4v) is 2.26. The van der Waals surface area contributed by atoms with Gasteiger partial charge in [-0.2, -0.15) is 0 Å². The fraction of sp³-hybridized carbons (Fsp3) is 0.529. The Balaban J connectivity index is 2.38. The molecule has 0 saturated carbocycles. The van der Waals surface area contributed by atoms with Crippen LogP contribution in [0.2, 0.25) is 0 Å². The molecule has 0 spiro atoms. The van der Waals surface area contributed by atoms with Crippen LogP contribution in [0.5, 0.6) is 0 Å². The molecule has 116 valence electrons. The number of carbonyl (C=O) groups excluding carboxylic acids is 1. The van der Waals surface area contributed by atoms with E-state index in [-0.39, 0.29) is 17.4 Å². The predicted molar refractivity (Wildman–Crippen MR) is 83.4 cm³/mol. The van der Waals surface area contributed by atoms with Crippen molar-refractivity contribution >= 4 is 11.9 Å². The van der Waals surface area contributed by atoms with Gasteiger partial charge < -0.3 is 10.4 Å². The first-order valence-electron chi connectivity index (χ1n) is 7.68. The van der Waals surface area contributed by atoms with Gasteiger partial charge in [-0.05, 0) is 37.0 Å². The third-order valence-electron chi connectivity index (χ3n) is 3.68. The van der Waals surface area contributed by atoms with Crippen molar-refractivity contribution in [2.45, 2.75) is 46.0 Å². The van der Waals surface area contributed by atoms with Gasteiger partial charge in [-0.15, -0.1) is 0 Å². The van der Waals surface area contributed by atoms with Gasteiger partial charge in [-0.1, -0.05) is 38.8 Å². The van der Waals surface area contributed by atoms with Crippen LogP contribution in [0.15, 0.2) is 24.3 Å². The van der Waals surface area contributed by atoms with E-state index in [2.05, 4.69) is 12.2 Å². The Morgan fingerprint density at radius 2 is 1.86 bits per heavy atom. The van der Waals surface area contributed by atoms with Gasteiger partial charge in [0.1, 0.15) is 0 Å². The molecular formula is C17H25NO3. The normalized spacial score (nSPS) is 11.9. The Kier molecular flexibility index (Phi) is 7.51. The molecule has 1 rings (SSSR count). The molecule has 1 atom stereocenters. The van der Waals surface area contributed by atoms with Crippen molar-refractivity contribution in [1.29, 1.82) is 0 Å². The van der Waals surface area contributed by atoms with Crippen LogP contribution in [-0.4, -0.2) is 23.5 Å². The Hall–Kier alpha value is -1.84. The highest BCUT2D eigenvalue weighted by Crippen LogP contribution is 2.12. The zero-order valence-electron chi connectivity index (χ0n) is 12.9. The van der Waals surface area contributed by atoms with Crippen molar-refractivity contribution in [2.75, 3.05) is 6.54 Å². The zero-order valence-corrected chi connectivity index (χ0v) is 12.9. The van der Waals surface area contributed by atoms with Crippen molar-refractivity contribution in [3.8, 4) is 0 Å². The van der Waals surface area contributed by atoms with Crippen molar-refractivity contribution in [2.24, 2.45) is 5.92 Å². The summed E-state index contributed by atoms with van der Waals surface area (Å²) in [5.74, 6) is -0.677. The molecule has 0 aliphatic rings. The molecule has 1 unspecified atom stereocenters. The van der Waals surface area contributed by atoms with Gasteiger partial charge in [-0.3, -0.25) is 4.79 Å². The van der Waals surface area contributed by atoms with Gasteiger partial charge >= 0.3 is 5.97 Å². The monoisotopic (exact) mass is 291 g/mol. The lowest BCUT2D eigenvalue weighted by Crippen LogP contribution is -2.32. The highest BCUT2D eigenvalue weighted by atomic mass is 16.4. The Morgan fingerprint density at radius 1 is 1.19 bits per heavy atom. The van der Waals surface area contributed by atoms with Crippen molar-refractivity contribution in [3.63, 3.8) is 0 Å². The molecule has 0 bridgehead atoms. The van der Waals surface area contributed by atoms with E-state index in [1.54, 1.807) is 24.3 Å². The van der Waals surface area contributed by atoms with E-state index >= 15 is 0 Å². The van der Waals surface area contributed by atoms with Gasteiger partial charge in [0.25, 0.3) is 0 Å². The molecule has 21 heavy (non-hydrogen) atoms. The second-order valence-electron chi connectivity index (χ2n) is 5.29. The third kappa shape index (κ3) is 5.98. The Bertz CT molecular complexity index is 454. The van der Waals surface area contributed by atoms with Crippen molar-refractivity contribution in [3.05, 3.63) is 35.4 Å². The maximum absolute atomic E-state index is 12.0. The van der Waals surface area contributed by atoms with Crippen LogP contribution in [-0.2, 0) is 11.2 Å². The lowest BCUT2D eigenvalue weighted by atomic mass is 9.98. The summed E-state index contributed by atoms with van der Waals surface area (Å²) in [6.45, 7) is 4.77. The summed E-state index contributed by atoms with van der Waals surface area (Å²) in [4.78, 5) is 22.8. The van der Waals surface area contributed by atoms with Gasteiger partial charge in [-0.25, -0.2) is 4.79 Å². The Labute approximate surface area is 126 Å². The number of carbonyl (C=O) groups is 2. The summed E-state index contributed by atoms with van der Waals surface area (Å²) >= 11 is 0. The minimum Gasteiger partial charge on any atom is -0.478 e. The van der Waals surface area contributed by atoms with Crippen LogP contribution in [0.25, 0.3) is 0 Å². The number of aromatic carboxylic acids is 1. The molecule has 0 saturated heterocycles. The number of amides is 1. The minimum absolute atomic E-state index is 0.110. The summed E-state index contributed by atoms with van der Waals surface area (Å²) in [6, 6.07) is 6.78. The van der Waals surface area contributed by atoms with Crippen LogP contribution < -0.4 is 5.32 Å². The number of rotatable bonds is 9. The van der Waals surface area contributed by atoms with Crippen molar-refractivity contribution < 1.29 is 14.7 Å². The quantitative estimate of drug-likeness (QED) is 0.734. The van der Waals surface area contributed by atoms with E-state index in [4.69, 9.17) is 5.11 Å². The lowest BCUT2D eigenvalue weighted by molar-refractivity contribution is -0.125. The number of carboxylic acids is 1. The summed E-state index contributed by atoms with van der Waals surface area (Å²) < 4.78 is 0. The average Bonchev–Trinajstić information content (AvgIpc) is 2.48. The van der Waals surface area contributed by atoms with E-state index in [9.17, 15) is 9.59 Å². The number of benzene rings is 1. The number of hydrogen-bond acceptors (Lipinski definition) is 2. The Morgan fingerprint density at radius 3 is 2.38 bits per heavy atom. The van der Waals surface area contributed by atoms with Gasteiger partial charge in [0.2, 0.25) is 5.91 Å². The number of hydrogen-bond donors (Lipinski definition) is 2. The van der Waals surface area contributed by atoms with Crippen LogP contribution in [0, 0.1) is 5.92 Å². The molecule has 4 heteroatoms. The first-order valence-corrected chi connectivity index (χ1v) is 7.68. The number of nitrogens with one attached hydrogen (secondary N) is 1. The number of unbranched alkanes of at least 4 members (excludes halogenated alkanes) is 1. The van der Waals surface area contributed by atoms with E-state index in [0.29, 0.717) is 6.54 Å². The molecule has 0 aromatic heterocycles. The standard InChI is InChI=1S/C17H25NO3/c1-3-5-6-14(4-2)16(19)18-12-11-13-7-9-15(10-8-13)17(20)21/h7-10,14H,3-6,11-12H2,1-2H3,(H,18,19)(H,20,21). The lowest BCUT2D eigenvalue weighted by Gasteiger charge is -2.14. The molecule has 0 aliphatic heterocycles. The highest BCUT2D eigenvalue weighted by molar-refractivity contribution is 5.87. The summed E-state index contributed by atoms with van der Waals surface area (Å²) in [5, 5.41) is 11.8. The van der Waals surface area contributed by atoms with Gasteiger partial charge in [0.15, 0.2) is 0 Å². The highest BCUT2D eigenvalue weighted by Gasteiger charge is 2.14. The SMILES string of the molecule is CCCCC(CC)C(=O)NCCc1ccc(C(=O)O)cc1. The van der Waals surface area contributed by atoms with Crippen LogP contribution in [0.3, 0.4) is 0 Å². The molecule has 2 N–H and O–H groups in total. The smallest absolute Gasteiger partial charge is 0.335 e. The van der Waals surface area contributed by atoms with E-state index in [1.165, 1.54) is 0 Å². The molecular weight excluding hydrogens is 266 g/mol. The van der Waals surface area contributed by atoms with Crippen LogP contribution >= 0.6 is 0 Å². The first kappa shape index (κ1) is 17.2. The molecule has 0 fully saturated rings. The molecule has 0 aliphatic carbocycles. The first-order chi connectivity index (χ1) is 10.1. The average molecular weight is 291 g/mol. The largest absolute Gasteiger partial charge is 0.478 e. The second kappa shape index (κ2) is 9.16. The second-order valence-corrected chi connectivity index (χ2v) is 5.29. The van der Waals surface area contributed by atoms with E-state index in [1.807, 2.05) is 6.92 Å². The van der Waals surface area contributed by atoms with Crippen molar-refractivity contribution in [1.82, 2.24) is 5.32 Å². The molecule has 1 aromatic carbocycles. The topological polar surface area (TPSA) is 66.4 Å². The molecule has 1 aromatic rings. The molecule has 1 amide bonds. The maximum atomic E-state index is 12.0. The maximum Gasteiger partial charge on any atom is 0.335 e. The van der Waals surface area contributed by atoms with E-state index in [0.717, 1.165) is 37.7 Å². The summed E-state index contributed by atoms with van der Waals surface area (Å²) in [7, 11) is 0. The van der Waals surface area contributed by atoms with Gasteiger partial charge in [0, 0.05) is 12.5 Å². The third-order valence-corrected chi connectivity index (χ3v) is 3.68. The van der Waals surface area contributed by atoms with E-state index < -0.39 is 5.97 Å². The zero-order chi connectivity index (χ0) is 15.7.